The van der Waals surface area contributed by atoms with Gasteiger partial charge >= 0.3 is 12.1 Å². The Balaban J connectivity index is 0.00000364. The molecule has 1 fully saturated rings. The van der Waals surface area contributed by atoms with Crippen LogP contribution in [0.2, 0.25) is 0 Å². The lowest BCUT2D eigenvalue weighted by atomic mass is 10.1. The standard InChI is InChI=1S/C18H26N2O6.ClH/c1-3-25-17(21)11-13-4-5-15(16(10-13)24-2)26-9-6-14-12-20(18(22)23)8-7-19-14;/h4-5,10,14,19H,3,6-9,11-12H2,1-2H3,(H,22,23);1H/t14-;/m1./s1. The molecule has 0 bridgehead atoms. The molecule has 2 N–H and O–H groups in total. The van der Waals surface area contributed by atoms with Crippen LogP contribution in [0.4, 0.5) is 4.79 Å². The number of carbonyl (C=O) groups excluding carboxylic acids is 1. The Morgan fingerprint density at radius 1 is 1.33 bits per heavy atom. The number of hydrogen-bond acceptors (Lipinski definition) is 6. The van der Waals surface area contributed by atoms with E-state index in [0.29, 0.717) is 50.8 Å². The first-order valence-electron chi connectivity index (χ1n) is 8.70. The van der Waals surface area contributed by atoms with Crippen LogP contribution >= 0.6 is 12.4 Å². The molecule has 0 saturated carbocycles. The number of carboxylic acid groups (broad SMARTS) is 1. The predicted molar refractivity (Wildman–Crippen MR) is 102 cm³/mol. The van der Waals surface area contributed by atoms with Crippen LogP contribution in [0.15, 0.2) is 18.2 Å². The molecule has 9 heteroatoms. The van der Waals surface area contributed by atoms with E-state index in [1.54, 1.807) is 32.2 Å². The first-order valence-corrected chi connectivity index (χ1v) is 8.70. The molecule has 0 aliphatic carbocycles. The maximum atomic E-state index is 11.6. The molecule has 0 aromatic heterocycles. The van der Waals surface area contributed by atoms with E-state index in [2.05, 4.69) is 5.32 Å². The molecule has 152 valence electrons. The van der Waals surface area contributed by atoms with Crippen LogP contribution in [-0.4, -0.2) is 68.1 Å². The molecule has 0 spiro atoms. The third-order valence-corrected chi connectivity index (χ3v) is 4.13. The molecule has 8 nitrogen and oxygen atoms in total. The highest BCUT2D eigenvalue weighted by Gasteiger charge is 2.22. The minimum Gasteiger partial charge on any atom is -0.493 e. The third-order valence-electron chi connectivity index (χ3n) is 4.13. The van der Waals surface area contributed by atoms with Crippen molar-refractivity contribution in [3.63, 3.8) is 0 Å². The Morgan fingerprint density at radius 3 is 2.78 bits per heavy atom. The first kappa shape index (κ1) is 22.9. The van der Waals surface area contributed by atoms with Gasteiger partial charge < -0.3 is 29.5 Å². The van der Waals surface area contributed by atoms with Gasteiger partial charge in [0.05, 0.1) is 26.7 Å². The van der Waals surface area contributed by atoms with Crippen LogP contribution in [-0.2, 0) is 16.0 Å². The zero-order valence-corrected chi connectivity index (χ0v) is 16.4. The van der Waals surface area contributed by atoms with Crippen molar-refractivity contribution < 1.29 is 28.9 Å². The van der Waals surface area contributed by atoms with E-state index in [0.717, 1.165) is 5.56 Å². The summed E-state index contributed by atoms with van der Waals surface area (Å²) in [5.74, 6) is 0.858. The summed E-state index contributed by atoms with van der Waals surface area (Å²) in [6.45, 7) is 4.15. The maximum absolute atomic E-state index is 11.6. The fourth-order valence-electron chi connectivity index (χ4n) is 2.82. The van der Waals surface area contributed by atoms with Crippen molar-refractivity contribution in [3.8, 4) is 11.5 Å². The second-order valence-electron chi connectivity index (χ2n) is 5.98. The Bertz CT molecular complexity index is 628. The molecule has 1 heterocycles. The van der Waals surface area contributed by atoms with E-state index in [1.165, 1.54) is 4.90 Å². The molecule has 1 amide bonds. The molecule has 1 aromatic rings. The number of piperazine rings is 1. The van der Waals surface area contributed by atoms with Gasteiger partial charge in [-0.1, -0.05) is 6.07 Å². The summed E-state index contributed by atoms with van der Waals surface area (Å²) in [5.41, 5.74) is 0.790. The number of ether oxygens (including phenoxy) is 3. The molecule has 1 aliphatic rings. The topological polar surface area (TPSA) is 97.3 Å². The van der Waals surface area contributed by atoms with Crippen molar-refractivity contribution in [3.05, 3.63) is 23.8 Å². The average molecular weight is 403 g/mol. The number of methoxy groups -OCH3 is 1. The van der Waals surface area contributed by atoms with Crippen LogP contribution in [0.1, 0.15) is 18.9 Å². The van der Waals surface area contributed by atoms with Gasteiger partial charge in [0.15, 0.2) is 11.5 Å². The Morgan fingerprint density at radius 2 is 2.11 bits per heavy atom. The molecular formula is C18H27ClN2O6. The number of benzene rings is 1. The van der Waals surface area contributed by atoms with Gasteiger partial charge in [0.2, 0.25) is 0 Å². The second-order valence-corrected chi connectivity index (χ2v) is 5.98. The Kier molecular flexibility index (Phi) is 9.74. The smallest absolute Gasteiger partial charge is 0.407 e. The van der Waals surface area contributed by atoms with E-state index in [9.17, 15) is 9.59 Å². The molecule has 1 aliphatic heterocycles. The fraction of sp³-hybridized carbons (Fsp3) is 0.556. The minimum absolute atomic E-state index is 0. The molecule has 0 unspecified atom stereocenters. The number of nitrogens with one attached hydrogen (secondary N) is 1. The van der Waals surface area contributed by atoms with E-state index in [4.69, 9.17) is 19.3 Å². The highest BCUT2D eigenvalue weighted by Crippen LogP contribution is 2.28. The van der Waals surface area contributed by atoms with Crippen molar-refractivity contribution in [2.24, 2.45) is 0 Å². The molecule has 1 atom stereocenters. The molecule has 1 aromatic carbocycles. The highest BCUT2D eigenvalue weighted by atomic mass is 35.5. The number of halogens is 1. The summed E-state index contributed by atoms with van der Waals surface area (Å²) >= 11 is 0. The zero-order chi connectivity index (χ0) is 18.9. The first-order chi connectivity index (χ1) is 12.5. The average Bonchev–Trinajstić information content (AvgIpc) is 2.63. The van der Waals surface area contributed by atoms with E-state index >= 15 is 0 Å². The van der Waals surface area contributed by atoms with Crippen molar-refractivity contribution in [2.75, 3.05) is 40.0 Å². The van der Waals surface area contributed by atoms with Gasteiger partial charge in [-0.05, 0) is 31.0 Å². The lowest BCUT2D eigenvalue weighted by molar-refractivity contribution is -0.142. The fourth-order valence-corrected chi connectivity index (χ4v) is 2.82. The van der Waals surface area contributed by atoms with Crippen LogP contribution < -0.4 is 14.8 Å². The number of esters is 1. The zero-order valence-electron chi connectivity index (χ0n) is 15.6. The number of carbonyl (C=O) groups is 2. The largest absolute Gasteiger partial charge is 0.493 e. The van der Waals surface area contributed by atoms with Crippen LogP contribution in [0, 0.1) is 0 Å². The summed E-state index contributed by atoms with van der Waals surface area (Å²) in [7, 11) is 1.55. The highest BCUT2D eigenvalue weighted by molar-refractivity contribution is 5.85. The maximum Gasteiger partial charge on any atom is 0.407 e. The number of amides is 1. The summed E-state index contributed by atoms with van der Waals surface area (Å²) in [6.07, 6.45) is -0.0322. The van der Waals surface area contributed by atoms with Crippen molar-refractivity contribution >= 4 is 24.5 Å². The lowest BCUT2D eigenvalue weighted by Crippen LogP contribution is -2.52. The predicted octanol–water partition coefficient (Wildman–Crippen LogP) is 1.94. The SMILES string of the molecule is CCOC(=O)Cc1ccc(OCC[C@@H]2CN(C(=O)O)CCN2)c(OC)c1.Cl. The Labute approximate surface area is 165 Å². The molecule has 27 heavy (non-hydrogen) atoms. The summed E-state index contributed by atoms with van der Waals surface area (Å²) in [4.78, 5) is 24.0. The summed E-state index contributed by atoms with van der Waals surface area (Å²) in [6, 6.07) is 5.40. The van der Waals surface area contributed by atoms with E-state index in [1.807, 2.05) is 0 Å². The molecular weight excluding hydrogens is 376 g/mol. The lowest BCUT2D eigenvalue weighted by Gasteiger charge is -2.31. The van der Waals surface area contributed by atoms with Crippen molar-refractivity contribution in [1.82, 2.24) is 10.2 Å². The monoisotopic (exact) mass is 402 g/mol. The van der Waals surface area contributed by atoms with Crippen LogP contribution in [0.5, 0.6) is 11.5 Å². The number of nitrogens with zero attached hydrogens (tertiary/aromatic N) is 1. The third kappa shape index (κ3) is 7.15. The van der Waals surface area contributed by atoms with Crippen molar-refractivity contribution in [2.45, 2.75) is 25.8 Å². The normalized spacial score (nSPS) is 16.2. The Hall–Kier alpha value is -2.19. The quantitative estimate of drug-likeness (QED) is 0.641. The molecule has 0 radical (unpaired) electrons. The van der Waals surface area contributed by atoms with Crippen LogP contribution in [0.25, 0.3) is 0 Å². The van der Waals surface area contributed by atoms with Gasteiger partial charge in [-0.2, -0.15) is 0 Å². The van der Waals surface area contributed by atoms with Gasteiger partial charge in [0, 0.05) is 25.7 Å². The summed E-state index contributed by atoms with van der Waals surface area (Å²) < 4.78 is 16.1. The van der Waals surface area contributed by atoms with Gasteiger partial charge in [-0.25, -0.2) is 4.79 Å². The van der Waals surface area contributed by atoms with Gasteiger partial charge in [0.1, 0.15) is 0 Å². The molecule has 2 rings (SSSR count). The second kappa shape index (κ2) is 11.5. The molecule has 1 saturated heterocycles. The van der Waals surface area contributed by atoms with E-state index < -0.39 is 6.09 Å². The van der Waals surface area contributed by atoms with Crippen LogP contribution in [0.3, 0.4) is 0 Å². The number of rotatable bonds is 8. The van der Waals surface area contributed by atoms with Gasteiger partial charge in [0.25, 0.3) is 0 Å². The van der Waals surface area contributed by atoms with E-state index in [-0.39, 0.29) is 30.8 Å². The van der Waals surface area contributed by atoms with Crippen molar-refractivity contribution in [1.29, 1.82) is 0 Å². The van der Waals surface area contributed by atoms with Gasteiger partial charge in [-0.3, -0.25) is 4.79 Å². The number of hydrogen-bond donors (Lipinski definition) is 2. The summed E-state index contributed by atoms with van der Waals surface area (Å²) in [5, 5.41) is 12.4. The van der Waals surface area contributed by atoms with Gasteiger partial charge in [-0.15, -0.1) is 12.4 Å². The minimum atomic E-state index is -0.892.